The minimum atomic E-state index is 0.0536. The van der Waals surface area contributed by atoms with Crippen LogP contribution in [0, 0.1) is 19.8 Å². The Hall–Kier alpha value is -2.10. The average Bonchev–Trinajstić information content (AvgIpc) is 2.79. The van der Waals surface area contributed by atoms with Crippen LogP contribution in [0.5, 0.6) is 0 Å². The topological polar surface area (TPSA) is 55.1 Å². The molecule has 1 heterocycles. The van der Waals surface area contributed by atoms with Gasteiger partial charge in [-0.25, -0.2) is 4.98 Å². The molecular formula is C18H24N2O2. The highest BCUT2D eigenvalue weighted by Gasteiger charge is 2.11. The van der Waals surface area contributed by atoms with Gasteiger partial charge in [-0.05, 0) is 38.0 Å². The van der Waals surface area contributed by atoms with Gasteiger partial charge >= 0.3 is 0 Å². The predicted molar refractivity (Wildman–Crippen MR) is 88.7 cm³/mol. The van der Waals surface area contributed by atoms with E-state index in [1.165, 1.54) is 0 Å². The summed E-state index contributed by atoms with van der Waals surface area (Å²) in [4.78, 5) is 16.4. The maximum Gasteiger partial charge on any atom is 0.226 e. The molecule has 0 fully saturated rings. The number of nitrogens with zero attached hydrogens (tertiary/aromatic N) is 1. The maximum absolute atomic E-state index is 12.1. The minimum Gasteiger partial charge on any atom is -0.441 e. The summed E-state index contributed by atoms with van der Waals surface area (Å²) in [6.45, 7) is 8.06. The zero-order chi connectivity index (χ0) is 16.1. The van der Waals surface area contributed by atoms with Crippen LogP contribution in [-0.2, 0) is 4.79 Å². The Balaban J connectivity index is 2.07. The Bertz CT molecular complexity index is 627. The molecule has 22 heavy (non-hydrogen) atoms. The van der Waals surface area contributed by atoms with E-state index in [0.29, 0.717) is 18.2 Å². The van der Waals surface area contributed by atoms with Gasteiger partial charge in [0.2, 0.25) is 11.8 Å². The Morgan fingerprint density at radius 1 is 1.36 bits per heavy atom. The van der Waals surface area contributed by atoms with Crippen molar-refractivity contribution in [2.45, 2.75) is 47.0 Å². The Labute approximate surface area is 131 Å². The fourth-order valence-corrected chi connectivity index (χ4v) is 2.45. The number of oxazole rings is 1. The highest BCUT2D eigenvalue weighted by atomic mass is 16.4. The average molecular weight is 300 g/mol. The number of aromatic nitrogens is 1. The third-order valence-electron chi connectivity index (χ3n) is 3.74. The van der Waals surface area contributed by atoms with Crippen molar-refractivity contribution in [2.24, 2.45) is 5.92 Å². The fraction of sp³-hybridized carbons (Fsp3) is 0.444. The van der Waals surface area contributed by atoms with Gasteiger partial charge in [-0.1, -0.05) is 32.8 Å². The second-order valence-electron chi connectivity index (χ2n) is 5.89. The molecule has 2 rings (SSSR count). The van der Waals surface area contributed by atoms with E-state index in [4.69, 9.17) is 4.42 Å². The number of carbonyl (C=O) groups is 1. The van der Waals surface area contributed by atoms with Gasteiger partial charge in [-0.3, -0.25) is 4.79 Å². The third-order valence-corrected chi connectivity index (χ3v) is 3.74. The van der Waals surface area contributed by atoms with Gasteiger partial charge in [0.05, 0.1) is 5.69 Å². The number of carbonyl (C=O) groups excluding carboxylic acids is 1. The molecule has 2 aromatic rings. The molecule has 0 aliphatic carbocycles. The first kappa shape index (κ1) is 16.3. The van der Waals surface area contributed by atoms with Gasteiger partial charge in [0.25, 0.3) is 0 Å². The lowest BCUT2D eigenvalue weighted by molar-refractivity contribution is -0.117. The number of aryl methyl sites for hydroxylation is 2. The largest absolute Gasteiger partial charge is 0.441 e. The minimum absolute atomic E-state index is 0.0536. The standard InChI is InChI=1S/C18H24N2O2/c1-5-7-12(2)10-17(21)20-16-9-6-8-15(11-16)18-19-13(3)14(4)22-18/h6,8-9,11-12H,5,7,10H2,1-4H3,(H,20,21). The summed E-state index contributed by atoms with van der Waals surface area (Å²) in [5.74, 6) is 1.87. The molecular weight excluding hydrogens is 276 g/mol. The quantitative estimate of drug-likeness (QED) is 0.839. The summed E-state index contributed by atoms with van der Waals surface area (Å²) < 4.78 is 5.63. The molecule has 4 nitrogen and oxygen atoms in total. The molecule has 1 atom stereocenters. The maximum atomic E-state index is 12.1. The lowest BCUT2D eigenvalue weighted by Crippen LogP contribution is -2.15. The SMILES string of the molecule is CCCC(C)CC(=O)Nc1cccc(-c2nc(C)c(C)o2)c1. The second kappa shape index (κ2) is 7.25. The van der Waals surface area contributed by atoms with Crippen LogP contribution < -0.4 is 5.32 Å². The normalized spacial score (nSPS) is 12.2. The highest BCUT2D eigenvalue weighted by Crippen LogP contribution is 2.24. The van der Waals surface area contributed by atoms with E-state index in [-0.39, 0.29) is 5.91 Å². The fourth-order valence-electron chi connectivity index (χ4n) is 2.45. The van der Waals surface area contributed by atoms with Crippen LogP contribution in [0.3, 0.4) is 0 Å². The van der Waals surface area contributed by atoms with Crippen LogP contribution in [0.25, 0.3) is 11.5 Å². The van der Waals surface area contributed by atoms with Crippen molar-refractivity contribution >= 4 is 11.6 Å². The lowest BCUT2D eigenvalue weighted by Gasteiger charge is -2.10. The van der Waals surface area contributed by atoms with Crippen molar-refractivity contribution in [3.8, 4) is 11.5 Å². The molecule has 4 heteroatoms. The van der Waals surface area contributed by atoms with Crippen molar-refractivity contribution < 1.29 is 9.21 Å². The zero-order valence-electron chi connectivity index (χ0n) is 13.8. The molecule has 0 saturated heterocycles. The van der Waals surface area contributed by atoms with Crippen molar-refractivity contribution in [1.82, 2.24) is 4.98 Å². The van der Waals surface area contributed by atoms with E-state index in [1.807, 2.05) is 38.1 Å². The molecule has 1 N–H and O–H groups in total. The van der Waals surface area contributed by atoms with Crippen LogP contribution in [0.15, 0.2) is 28.7 Å². The molecule has 0 aliphatic heterocycles. The Morgan fingerprint density at radius 3 is 2.77 bits per heavy atom. The summed E-state index contributed by atoms with van der Waals surface area (Å²) in [7, 11) is 0. The number of amides is 1. The number of anilines is 1. The van der Waals surface area contributed by atoms with Gasteiger partial charge in [-0.15, -0.1) is 0 Å². The third kappa shape index (κ3) is 4.20. The lowest BCUT2D eigenvalue weighted by atomic mass is 10.0. The first-order chi connectivity index (χ1) is 10.5. The zero-order valence-corrected chi connectivity index (χ0v) is 13.8. The van der Waals surface area contributed by atoms with Crippen LogP contribution in [-0.4, -0.2) is 10.9 Å². The van der Waals surface area contributed by atoms with E-state index in [0.717, 1.165) is 35.5 Å². The smallest absolute Gasteiger partial charge is 0.226 e. The van der Waals surface area contributed by atoms with E-state index < -0.39 is 0 Å². The molecule has 1 unspecified atom stereocenters. The van der Waals surface area contributed by atoms with E-state index >= 15 is 0 Å². The Kier molecular flexibility index (Phi) is 5.36. The molecule has 1 aromatic heterocycles. The molecule has 0 saturated carbocycles. The van der Waals surface area contributed by atoms with Gasteiger partial charge < -0.3 is 9.73 Å². The van der Waals surface area contributed by atoms with Crippen molar-refractivity contribution in [3.63, 3.8) is 0 Å². The van der Waals surface area contributed by atoms with Crippen molar-refractivity contribution in [1.29, 1.82) is 0 Å². The molecule has 0 bridgehead atoms. The van der Waals surface area contributed by atoms with Gasteiger partial charge in [0, 0.05) is 17.7 Å². The van der Waals surface area contributed by atoms with Crippen LogP contribution >= 0.6 is 0 Å². The van der Waals surface area contributed by atoms with Gasteiger partial charge in [0.15, 0.2) is 0 Å². The summed E-state index contributed by atoms with van der Waals surface area (Å²) in [6, 6.07) is 7.61. The monoisotopic (exact) mass is 300 g/mol. The van der Waals surface area contributed by atoms with Crippen molar-refractivity contribution in [2.75, 3.05) is 5.32 Å². The molecule has 1 amide bonds. The van der Waals surface area contributed by atoms with E-state index in [1.54, 1.807) is 0 Å². The van der Waals surface area contributed by atoms with Crippen LogP contribution in [0.1, 0.15) is 44.6 Å². The van der Waals surface area contributed by atoms with Crippen LogP contribution in [0.2, 0.25) is 0 Å². The summed E-state index contributed by atoms with van der Waals surface area (Å²) in [5.41, 5.74) is 2.54. The first-order valence-electron chi connectivity index (χ1n) is 7.84. The van der Waals surface area contributed by atoms with Gasteiger partial charge in [-0.2, -0.15) is 0 Å². The molecule has 0 aliphatic rings. The van der Waals surface area contributed by atoms with E-state index in [9.17, 15) is 4.79 Å². The summed E-state index contributed by atoms with van der Waals surface area (Å²) >= 11 is 0. The summed E-state index contributed by atoms with van der Waals surface area (Å²) in [6.07, 6.45) is 2.73. The molecule has 0 radical (unpaired) electrons. The molecule has 118 valence electrons. The number of hydrogen-bond acceptors (Lipinski definition) is 3. The summed E-state index contributed by atoms with van der Waals surface area (Å²) in [5, 5.41) is 2.95. The molecule has 1 aromatic carbocycles. The first-order valence-corrected chi connectivity index (χ1v) is 7.84. The molecule has 0 spiro atoms. The number of rotatable bonds is 6. The van der Waals surface area contributed by atoms with Gasteiger partial charge in [0.1, 0.15) is 5.76 Å². The highest BCUT2D eigenvalue weighted by molar-refractivity contribution is 5.91. The second-order valence-corrected chi connectivity index (χ2v) is 5.89. The van der Waals surface area contributed by atoms with Crippen molar-refractivity contribution in [3.05, 3.63) is 35.7 Å². The Morgan fingerprint density at radius 2 is 2.14 bits per heavy atom. The number of benzene rings is 1. The van der Waals surface area contributed by atoms with E-state index in [2.05, 4.69) is 24.1 Å². The number of nitrogens with one attached hydrogen (secondary N) is 1. The predicted octanol–water partition coefficient (Wildman–Crippen LogP) is 4.72. The number of hydrogen-bond donors (Lipinski definition) is 1. The van der Waals surface area contributed by atoms with Crippen LogP contribution in [0.4, 0.5) is 5.69 Å².